The Hall–Kier alpha value is -3.68. The molecule has 1 unspecified atom stereocenters. The standard InChI is InChI=1S/C21H22N6O2/c1-13-16(17-8-10-23-21(22)26-17)6-7-19(24-13)27-11-9-18(20(27)28)25-14-4-3-5-15(12-14)29-2/h3-8,10,12,18,25H,9,11H2,1-2H3,(H2,22,23,26). The van der Waals surface area contributed by atoms with E-state index in [2.05, 4.69) is 20.3 Å². The van der Waals surface area contributed by atoms with Crippen molar-refractivity contribution in [1.29, 1.82) is 0 Å². The SMILES string of the molecule is COc1cccc(NC2CCN(c3ccc(-c4ccnc(N)n4)c(C)n3)C2=O)c1. The van der Waals surface area contributed by atoms with Gasteiger partial charge in [-0.3, -0.25) is 9.69 Å². The number of ether oxygens (including phenoxy) is 1. The number of hydrogen-bond donors (Lipinski definition) is 2. The van der Waals surface area contributed by atoms with Crippen LogP contribution in [-0.4, -0.2) is 40.6 Å². The van der Waals surface area contributed by atoms with Crippen LogP contribution in [-0.2, 0) is 4.79 Å². The first-order chi connectivity index (χ1) is 14.0. The number of amides is 1. The van der Waals surface area contributed by atoms with Crippen LogP contribution in [0.5, 0.6) is 5.75 Å². The number of aromatic nitrogens is 3. The maximum Gasteiger partial charge on any atom is 0.250 e. The molecule has 148 valence electrons. The Morgan fingerprint density at radius 3 is 2.83 bits per heavy atom. The van der Waals surface area contributed by atoms with E-state index in [-0.39, 0.29) is 17.9 Å². The van der Waals surface area contributed by atoms with E-state index >= 15 is 0 Å². The zero-order valence-corrected chi connectivity index (χ0v) is 16.3. The number of aryl methyl sites for hydroxylation is 1. The van der Waals surface area contributed by atoms with Gasteiger partial charge >= 0.3 is 0 Å². The minimum absolute atomic E-state index is 0.00116. The molecule has 0 radical (unpaired) electrons. The molecule has 1 amide bonds. The molecule has 1 saturated heterocycles. The monoisotopic (exact) mass is 390 g/mol. The Morgan fingerprint density at radius 1 is 1.21 bits per heavy atom. The zero-order valence-electron chi connectivity index (χ0n) is 16.3. The predicted octanol–water partition coefficient (Wildman–Crippen LogP) is 2.66. The summed E-state index contributed by atoms with van der Waals surface area (Å²) in [4.78, 5) is 27.4. The van der Waals surface area contributed by atoms with Crippen molar-refractivity contribution in [1.82, 2.24) is 15.0 Å². The number of rotatable bonds is 5. The summed E-state index contributed by atoms with van der Waals surface area (Å²) in [5.41, 5.74) is 8.88. The molecule has 29 heavy (non-hydrogen) atoms. The van der Waals surface area contributed by atoms with Gasteiger partial charge in [-0.1, -0.05) is 6.07 Å². The number of nitrogens with zero attached hydrogens (tertiary/aromatic N) is 4. The van der Waals surface area contributed by atoms with Gasteiger partial charge in [0.25, 0.3) is 5.91 Å². The van der Waals surface area contributed by atoms with Crippen molar-refractivity contribution >= 4 is 23.4 Å². The highest BCUT2D eigenvalue weighted by molar-refractivity contribution is 6.00. The van der Waals surface area contributed by atoms with Gasteiger partial charge in [0, 0.05) is 35.8 Å². The van der Waals surface area contributed by atoms with Gasteiger partial charge in [-0.05, 0) is 43.7 Å². The first-order valence-electron chi connectivity index (χ1n) is 9.33. The van der Waals surface area contributed by atoms with Crippen LogP contribution in [0.15, 0.2) is 48.7 Å². The Balaban J connectivity index is 1.52. The third kappa shape index (κ3) is 3.82. The second-order valence-electron chi connectivity index (χ2n) is 6.81. The first-order valence-corrected chi connectivity index (χ1v) is 9.33. The van der Waals surface area contributed by atoms with Crippen molar-refractivity contribution in [2.24, 2.45) is 0 Å². The number of nitrogens with two attached hydrogens (primary N) is 1. The smallest absolute Gasteiger partial charge is 0.250 e. The Labute approximate surface area is 168 Å². The lowest BCUT2D eigenvalue weighted by atomic mass is 10.1. The molecule has 1 fully saturated rings. The molecule has 1 aliphatic rings. The summed E-state index contributed by atoms with van der Waals surface area (Å²) in [6.07, 6.45) is 2.31. The molecule has 4 rings (SSSR count). The molecule has 0 aliphatic carbocycles. The third-order valence-corrected chi connectivity index (χ3v) is 4.91. The van der Waals surface area contributed by atoms with Gasteiger partial charge < -0.3 is 15.8 Å². The minimum Gasteiger partial charge on any atom is -0.497 e. The molecule has 3 N–H and O–H groups in total. The van der Waals surface area contributed by atoms with Crippen LogP contribution in [0.25, 0.3) is 11.3 Å². The predicted molar refractivity (Wildman–Crippen MR) is 112 cm³/mol. The lowest BCUT2D eigenvalue weighted by Gasteiger charge is -2.18. The molecule has 1 atom stereocenters. The highest BCUT2D eigenvalue weighted by atomic mass is 16.5. The van der Waals surface area contributed by atoms with E-state index in [1.165, 1.54) is 0 Å². The van der Waals surface area contributed by atoms with Crippen LogP contribution in [0.4, 0.5) is 17.5 Å². The lowest BCUT2D eigenvalue weighted by molar-refractivity contribution is -0.117. The number of nitrogens with one attached hydrogen (secondary N) is 1. The number of nitrogen functional groups attached to an aromatic ring is 1. The molecule has 8 heteroatoms. The normalized spacial score (nSPS) is 16.1. The van der Waals surface area contributed by atoms with E-state index in [0.29, 0.717) is 24.5 Å². The van der Waals surface area contributed by atoms with Gasteiger partial charge in [0.05, 0.1) is 12.8 Å². The summed E-state index contributed by atoms with van der Waals surface area (Å²) in [5.74, 6) is 1.59. The van der Waals surface area contributed by atoms with Gasteiger partial charge in [-0.25, -0.2) is 15.0 Å². The van der Waals surface area contributed by atoms with E-state index in [9.17, 15) is 4.79 Å². The largest absolute Gasteiger partial charge is 0.497 e. The van der Waals surface area contributed by atoms with Crippen molar-refractivity contribution in [3.05, 3.63) is 54.4 Å². The quantitative estimate of drug-likeness (QED) is 0.690. The van der Waals surface area contributed by atoms with Crippen molar-refractivity contribution < 1.29 is 9.53 Å². The maximum absolute atomic E-state index is 12.9. The lowest BCUT2D eigenvalue weighted by Crippen LogP contribution is -2.34. The number of pyridine rings is 1. The molecular formula is C21H22N6O2. The third-order valence-electron chi connectivity index (χ3n) is 4.91. The molecule has 1 aromatic carbocycles. The van der Waals surface area contributed by atoms with Crippen LogP contribution >= 0.6 is 0 Å². The summed E-state index contributed by atoms with van der Waals surface area (Å²) in [7, 11) is 1.62. The molecule has 3 aromatic rings. The Bertz CT molecular complexity index is 1050. The van der Waals surface area contributed by atoms with Crippen molar-refractivity contribution in [3.63, 3.8) is 0 Å². The fourth-order valence-electron chi connectivity index (χ4n) is 3.45. The molecule has 0 bridgehead atoms. The Kier molecular flexibility index (Phi) is 4.99. The Morgan fingerprint density at radius 2 is 2.07 bits per heavy atom. The highest BCUT2D eigenvalue weighted by Crippen LogP contribution is 2.27. The van der Waals surface area contributed by atoms with Crippen molar-refractivity contribution in [3.8, 4) is 17.0 Å². The number of carbonyl (C=O) groups is 1. The average molecular weight is 390 g/mol. The van der Waals surface area contributed by atoms with E-state index in [4.69, 9.17) is 10.5 Å². The van der Waals surface area contributed by atoms with Crippen molar-refractivity contribution in [2.75, 3.05) is 29.6 Å². The van der Waals surface area contributed by atoms with Crippen molar-refractivity contribution in [2.45, 2.75) is 19.4 Å². The van der Waals surface area contributed by atoms with Gasteiger partial charge in [0.1, 0.15) is 17.6 Å². The number of carbonyl (C=O) groups excluding carboxylic acids is 1. The number of benzene rings is 1. The highest BCUT2D eigenvalue weighted by Gasteiger charge is 2.33. The van der Waals surface area contributed by atoms with E-state index in [1.807, 2.05) is 43.3 Å². The molecule has 0 spiro atoms. The summed E-state index contributed by atoms with van der Waals surface area (Å²) < 4.78 is 5.24. The van der Waals surface area contributed by atoms with Crippen LogP contribution in [0.2, 0.25) is 0 Å². The summed E-state index contributed by atoms with van der Waals surface area (Å²) in [6, 6.07) is 12.8. The molecule has 0 saturated carbocycles. The second-order valence-corrected chi connectivity index (χ2v) is 6.81. The van der Waals surface area contributed by atoms with Crippen LogP contribution in [0.1, 0.15) is 12.1 Å². The van der Waals surface area contributed by atoms with E-state index in [0.717, 1.165) is 22.7 Å². The van der Waals surface area contributed by atoms with E-state index < -0.39 is 0 Å². The fraction of sp³-hybridized carbons (Fsp3) is 0.238. The first kappa shape index (κ1) is 18.7. The molecule has 8 nitrogen and oxygen atoms in total. The molecule has 2 aromatic heterocycles. The summed E-state index contributed by atoms with van der Waals surface area (Å²) in [5, 5.41) is 3.29. The minimum atomic E-state index is -0.300. The maximum atomic E-state index is 12.9. The molecule has 3 heterocycles. The van der Waals surface area contributed by atoms with Crippen LogP contribution in [0, 0.1) is 6.92 Å². The van der Waals surface area contributed by atoms with Crippen LogP contribution < -0.4 is 20.7 Å². The fourth-order valence-corrected chi connectivity index (χ4v) is 3.45. The van der Waals surface area contributed by atoms with Crippen LogP contribution in [0.3, 0.4) is 0 Å². The summed E-state index contributed by atoms with van der Waals surface area (Å²) >= 11 is 0. The second kappa shape index (κ2) is 7.75. The number of methoxy groups -OCH3 is 1. The van der Waals surface area contributed by atoms with Gasteiger partial charge in [0.2, 0.25) is 5.95 Å². The zero-order chi connectivity index (χ0) is 20.4. The van der Waals surface area contributed by atoms with Gasteiger partial charge in [-0.15, -0.1) is 0 Å². The number of hydrogen-bond acceptors (Lipinski definition) is 7. The van der Waals surface area contributed by atoms with Gasteiger partial charge in [0.15, 0.2) is 0 Å². The van der Waals surface area contributed by atoms with E-state index in [1.54, 1.807) is 24.3 Å². The summed E-state index contributed by atoms with van der Waals surface area (Å²) in [6.45, 7) is 2.50. The molecule has 1 aliphatic heterocycles. The molecular weight excluding hydrogens is 368 g/mol. The number of anilines is 3. The topological polar surface area (TPSA) is 106 Å². The van der Waals surface area contributed by atoms with Gasteiger partial charge in [-0.2, -0.15) is 0 Å². The average Bonchev–Trinajstić information content (AvgIpc) is 3.08.